The van der Waals surface area contributed by atoms with Gasteiger partial charge in [0.2, 0.25) is 0 Å². The molecule has 0 atom stereocenters. The SMILES string of the molecule is C=C(C)C(=O)Cc1cncc(-c2ncnc3[nH]cc(C(=O)OCC)c23)c1. The van der Waals surface area contributed by atoms with Crippen molar-refractivity contribution < 1.29 is 14.3 Å². The molecular weight excluding hydrogens is 332 g/mol. The number of carbonyl (C=O) groups excluding carboxylic acids is 2. The number of aromatic amines is 1. The highest BCUT2D eigenvalue weighted by Gasteiger charge is 2.19. The van der Waals surface area contributed by atoms with Gasteiger partial charge < -0.3 is 9.72 Å². The molecule has 132 valence electrons. The van der Waals surface area contributed by atoms with Crippen LogP contribution in [0.1, 0.15) is 29.8 Å². The smallest absolute Gasteiger partial charge is 0.340 e. The van der Waals surface area contributed by atoms with E-state index in [-0.39, 0.29) is 18.8 Å². The average Bonchev–Trinajstić information content (AvgIpc) is 3.06. The van der Waals surface area contributed by atoms with Crippen molar-refractivity contribution in [3.63, 3.8) is 0 Å². The molecule has 0 aliphatic heterocycles. The number of nitrogens with one attached hydrogen (secondary N) is 1. The molecule has 7 heteroatoms. The zero-order valence-corrected chi connectivity index (χ0v) is 14.6. The molecule has 0 aliphatic carbocycles. The van der Waals surface area contributed by atoms with Gasteiger partial charge in [0, 0.05) is 30.6 Å². The van der Waals surface area contributed by atoms with Gasteiger partial charge in [0.25, 0.3) is 0 Å². The third-order valence-electron chi connectivity index (χ3n) is 3.87. The second kappa shape index (κ2) is 7.26. The Morgan fingerprint density at radius 3 is 2.81 bits per heavy atom. The number of fused-ring (bicyclic) bond motifs is 1. The first-order valence-corrected chi connectivity index (χ1v) is 8.13. The lowest BCUT2D eigenvalue weighted by molar-refractivity contribution is -0.114. The van der Waals surface area contributed by atoms with Gasteiger partial charge in [-0.25, -0.2) is 14.8 Å². The number of ether oxygens (including phenoxy) is 1. The zero-order chi connectivity index (χ0) is 18.7. The number of ketones is 1. The largest absolute Gasteiger partial charge is 0.462 e. The molecule has 0 unspecified atom stereocenters. The van der Waals surface area contributed by atoms with Crippen LogP contribution in [0.25, 0.3) is 22.3 Å². The quantitative estimate of drug-likeness (QED) is 0.542. The normalized spacial score (nSPS) is 10.7. The van der Waals surface area contributed by atoms with Gasteiger partial charge in [-0.1, -0.05) is 6.58 Å². The van der Waals surface area contributed by atoms with Crippen LogP contribution in [0.15, 0.2) is 43.1 Å². The molecule has 0 fully saturated rings. The summed E-state index contributed by atoms with van der Waals surface area (Å²) in [7, 11) is 0. The Morgan fingerprint density at radius 2 is 2.08 bits per heavy atom. The van der Waals surface area contributed by atoms with Crippen molar-refractivity contribution >= 4 is 22.8 Å². The van der Waals surface area contributed by atoms with Gasteiger partial charge in [-0.15, -0.1) is 0 Å². The molecule has 3 heterocycles. The number of H-pyrrole nitrogens is 1. The Kier molecular flexibility index (Phi) is 4.88. The van der Waals surface area contributed by atoms with Crippen LogP contribution in [0.2, 0.25) is 0 Å². The Labute approximate surface area is 150 Å². The molecule has 3 rings (SSSR count). The fourth-order valence-electron chi connectivity index (χ4n) is 2.60. The first-order valence-electron chi connectivity index (χ1n) is 8.13. The van der Waals surface area contributed by atoms with E-state index in [0.29, 0.717) is 33.4 Å². The first-order chi connectivity index (χ1) is 12.5. The van der Waals surface area contributed by atoms with Gasteiger partial charge in [0.05, 0.1) is 23.3 Å². The molecule has 7 nitrogen and oxygen atoms in total. The van der Waals surface area contributed by atoms with Gasteiger partial charge >= 0.3 is 5.97 Å². The lowest BCUT2D eigenvalue weighted by Crippen LogP contribution is -2.05. The number of esters is 1. The second-order valence-corrected chi connectivity index (χ2v) is 5.83. The molecule has 3 aromatic heterocycles. The minimum Gasteiger partial charge on any atom is -0.462 e. The third-order valence-corrected chi connectivity index (χ3v) is 3.87. The van der Waals surface area contributed by atoms with Crippen molar-refractivity contribution in [2.45, 2.75) is 20.3 Å². The van der Waals surface area contributed by atoms with Gasteiger partial charge in [-0.2, -0.15) is 0 Å². The second-order valence-electron chi connectivity index (χ2n) is 5.83. The highest BCUT2D eigenvalue weighted by molar-refractivity contribution is 6.08. The Morgan fingerprint density at radius 1 is 1.27 bits per heavy atom. The van der Waals surface area contributed by atoms with E-state index in [1.165, 1.54) is 6.33 Å². The number of Topliss-reactive ketones (excluding diaryl/α,β-unsaturated/α-hetero) is 1. The standard InChI is InChI=1S/C19H18N4O3/c1-4-26-19(25)14-9-21-18-16(14)17(22-10-23-18)13-5-12(7-20-8-13)6-15(24)11(2)3/h5,7-10H,2,4,6H2,1,3H3,(H,21,22,23). The highest BCUT2D eigenvalue weighted by atomic mass is 16.5. The summed E-state index contributed by atoms with van der Waals surface area (Å²) in [6.07, 6.45) is 6.45. The fraction of sp³-hybridized carbons (Fsp3) is 0.211. The van der Waals surface area contributed by atoms with Crippen LogP contribution in [0.4, 0.5) is 0 Å². The van der Waals surface area contributed by atoms with E-state index in [4.69, 9.17) is 4.74 Å². The van der Waals surface area contributed by atoms with E-state index in [1.54, 1.807) is 32.4 Å². The number of hydrogen-bond acceptors (Lipinski definition) is 6. The summed E-state index contributed by atoms with van der Waals surface area (Å²) in [5.74, 6) is -0.498. The summed E-state index contributed by atoms with van der Waals surface area (Å²) < 4.78 is 5.10. The number of pyridine rings is 1. The summed E-state index contributed by atoms with van der Waals surface area (Å²) >= 11 is 0. The Bertz CT molecular complexity index is 1010. The van der Waals surface area contributed by atoms with E-state index in [9.17, 15) is 9.59 Å². The number of hydrogen-bond donors (Lipinski definition) is 1. The Hall–Kier alpha value is -3.35. The molecule has 0 amide bonds. The minimum atomic E-state index is -0.448. The fourth-order valence-corrected chi connectivity index (χ4v) is 2.60. The highest BCUT2D eigenvalue weighted by Crippen LogP contribution is 2.28. The molecule has 0 aromatic carbocycles. The number of rotatable bonds is 6. The van der Waals surface area contributed by atoms with Crippen molar-refractivity contribution in [2.24, 2.45) is 0 Å². The van der Waals surface area contributed by atoms with Gasteiger partial charge in [0.1, 0.15) is 12.0 Å². The van der Waals surface area contributed by atoms with Crippen molar-refractivity contribution in [2.75, 3.05) is 6.61 Å². The number of aromatic nitrogens is 4. The first kappa shape index (κ1) is 17.5. The average molecular weight is 350 g/mol. The van der Waals surface area contributed by atoms with Crippen LogP contribution in [0, 0.1) is 0 Å². The summed E-state index contributed by atoms with van der Waals surface area (Å²) in [6.45, 7) is 7.37. The van der Waals surface area contributed by atoms with E-state index in [0.717, 1.165) is 5.56 Å². The zero-order valence-electron chi connectivity index (χ0n) is 14.6. The van der Waals surface area contributed by atoms with E-state index >= 15 is 0 Å². The molecule has 0 aliphatic rings. The van der Waals surface area contributed by atoms with E-state index < -0.39 is 5.97 Å². The molecule has 0 bridgehead atoms. The molecule has 0 saturated heterocycles. The molecule has 0 saturated carbocycles. The maximum absolute atomic E-state index is 12.2. The van der Waals surface area contributed by atoms with Crippen LogP contribution >= 0.6 is 0 Å². The van der Waals surface area contributed by atoms with Crippen LogP contribution in [-0.4, -0.2) is 38.3 Å². The summed E-state index contributed by atoms with van der Waals surface area (Å²) in [4.78, 5) is 39.8. The van der Waals surface area contributed by atoms with Crippen molar-refractivity contribution in [1.82, 2.24) is 19.9 Å². The molecule has 3 aromatic rings. The maximum atomic E-state index is 12.2. The molecule has 0 radical (unpaired) electrons. The minimum absolute atomic E-state index is 0.0503. The van der Waals surface area contributed by atoms with Crippen molar-refractivity contribution in [3.05, 3.63) is 54.3 Å². The molecular formula is C19H18N4O3. The van der Waals surface area contributed by atoms with Crippen LogP contribution < -0.4 is 0 Å². The van der Waals surface area contributed by atoms with Gasteiger partial charge in [-0.3, -0.25) is 9.78 Å². The summed E-state index contributed by atoms with van der Waals surface area (Å²) in [5.41, 5.74) is 3.37. The lowest BCUT2D eigenvalue weighted by Gasteiger charge is -2.07. The van der Waals surface area contributed by atoms with Crippen molar-refractivity contribution in [3.8, 4) is 11.3 Å². The topological polar surface area (TPSA) is 97.8 Å². The van der Waals surface area contributed by atoms with E-state index in [1.807, 2.05) is 6.07 Å². The predicted molar refractivity (Wildman–Crippen MR) is 96.6 cm³/mol. The van der Waals surface area contributed by atoms with Gasteiger partial charge in [0.15, 0.2) is 5.78 Å². The predicted octanol–water partition coefficient (Wildman–Crippen LogP) is 2.88. The van der Waals surface area contributed by atoms with Crippen molar-refractivity contribution in [1.29, 1.82) is 0 Å². The third kappa shape index (κ3) is 3.37. The molecule has 0 spiro atoms. The van der Waals surface area contributed by atoms with Gasteiger partial charge in [-0.05, 0) is 31.1 Å². The van der Waals surface area contributed by atoms with Crippen LogP contribution in [0.3, 0.4) is 0 Å². The summed E-state index contributed by atoms with van der Waals surface area (Å²) in [5, 5.41) is 0.566. The summed E-state index contributed by atoms with van der Waals surface area (Å²) in [6, 6.07) is 1.83. The number of allylic oxidation sites excluding steroid dienone is 1. The van der Waals surface area contributed by atoms with Crippen LogP contribution in [0.5, 0.6) is 0 Å². The molecule has 1 N–H and O–H groups in total. The monoisotopic (exact) mass is 350 g/mol. The van der Waals surface area contributed by atoms with Crippen LogP contribution in [-0.2, 0) is 16.0 Å². The Balaban J connectivity index is 2.08. The number of nitrogens with zero attached hydrogens (tertiary/aromatic N) is 3. The lowest BCUT2D eigenvalue weighted by atomic mass is 10.0. The maximum Gasteiger partial charge on any atom is 0.340 e. The molecule has 26 heavy (non-hydrogen) atoms. The number of carbonyl (C=O) groups is 2. The van der Waals surface area contributed by atoms with E-state index in [2.05, 4.69) is 26.5 Å².